The van der Waals surface area contributed by atoms with Gasteiger partial charge in [0, 0.05) is 51.3 Å². The number of cyclic esters (lactones) is 1. The number of methoxy groups -OCH3 is 3. The number of ether oxygens (including phenoxy) is 10. The van der Waals surface area contributed by atoms with Gasteiger partial charge < -0.3 is 52.3 Å². The van der Waals surface area contributed by atoms with E-state index in [9.17, 15) is 4.79 Å². The van der Waals surface area contributed by atoms with Crippen LogP contribution < -0.4 is 0 Å². The van der Waals surface area contributed by atoms with Crippen molar-refractivity contribution in [2.75, 3.05) is 42.0 Å². The van der Waals surface area contributed by atoms with Gasteiger partial charge in [-0.25, -0.2) is 4.79 Å². The van der Waals surface area contributed by atoms with Crippen LogP contribution in [0.1, 0.15) is 123 Å². The summed E-state index contributed by atoms with van der Waals surface area (Å²) in [7, 11) is 9.01. The highest BCUT2D eigenvalue weighted by Crippen LogP contribution is 2.51. The van der Waals surface area contributed by atoms with Crippen molar-refractivity contribution in [3.8, 4) is 12.3 Å². The van der Waals surface area contributed by atoms with Crippen LogP contribution in [0.25, 0.3) is 0 Å². The average Bonchev–Trinajstić information content (AvgIpc) is 3.47. The number of carbonyl (C=O) groups excluding carboxylic acids is 2. The molecule has 0 aromatic heterocycles. The fourth-order valence-electron chi connectivity index (χ4n) is 11.9. The first kappa shape index (κ1) is 52.6. The molecule has 1 amide bonds. The lowest BCUT2D eigenvalue weighted by Gasteiger charge is -2.51. The molecule has 0 unspecified atom stereocenters. The molecule has 5 heterocycles. The Morgan fingerprint density at radius 2 is 1.52 bits per heavy atom. The lowest BCUT2D eigenvalue weighted by atomic mass is 9.72. The molecule has 0 aromatic rings. The van der Waals surface area contributed by atoms with Crippen LogP contribution in [0.4, 0.5) is 4.79 Å². The largest absolute Gasteiger partial charge is 0.458 e. The van der Waals surface area contributed by atoms with Gasteiger partial charge in [0.2, 0.25) is 0 Å². The highest BCUT2D eigenvalue weighted by Gasteiger charge is 2.66. The minimum absolute atomic E-state index is 0.0295. The number of hydrogen-bond donors (Lipinski definition) is 0. The fraction of sp³-hybridized carbons (Fsp3) is 0.898. The second kappa shape index (κ2) is 19.7. The predicted molar refractivity (Wildman–Crippen MR) is 243 cm³/mol. The minimum Gasteiger partial charge on any atom is -0.458 e. The maximum absolute atomic E-state index is 15.1. The third kappa shape index (κ3) is 9.53. The first-order valence-corrected chi connectivity index (χ1v) is 23.5. The van der Waals surface area contributed by atoms with Gasteiger partial charge in [-0.15, -0.1) is 6.42 Å². The molecule has 4 saturated heterocycles. The number of likely N-dealkylation sites (N-methyl/N-ethyl adjacent to an activating group) is 1. The van der Waals surface area contributed by atoms with Crippen molar-refractivity contribution >= 4 is 17.8 Å². The molecule has 15 nitrogen and oxygen atoms in total. The van der Waals surface area contributed by atoms with E-state index in [4.69, 9.17) is 58.8 Å². The third-order valence-corrected chi connectivity index (χ3v) is 16.0. The third-order valence-electron chi connectivity index (χ3n) is 16.0. The zero-order valence-corrected chi connectivity index (χ0v) is 42.5. The minimum atomic E-state index is -1.25. The summed E-state index contributed by atoms with van der Waals surface area (Å²) in [5, 5.41) is 0. The van der Waals surface area contributed by atoms with Crippen molar-refractivity contribution in [3.05, 3.63) is 0 Å². The quantitative estimate of drug-likeness (QED) is 0.161. The van der Waals surface area contributed by atoms with Crippen LogP contribution in [0.2, 0.25) is 0 Å². The van der Waals surface area contributed by atoms with Crippen molar-refractivity contribution in [1.29, 1.82) is 0 Å². The molecule has 0 N–H and O–H groups in total. The molecule has 0 spiro atoms. The number of terminal acetylenes is 1. The molecule has 366 valence electrons. The highest BCUT2D eigenvalue weighted by atomic mass is 16.7. The van der Waals surface area contributed by atoms with Crippen molar-refractivity contribution in [1.82, 2.24) is 9.80 Å². The maximum Gasteiger partial charge on any atom is 0.411 e. The van der Waals surface area contributed by atoms with E-state index in [1.807, 2.05) is 81.3 Å². The monoisotopic (exact) mass is 906 g/mol. The number of aliphatic imine (C=N–C) groups is 1. The Balaban J connectivity index is 1.77. The molecule has 0 radical (unpaired) electrons. The van der Waals surface area contributed by atoms with Crippen molar-refractivity contribution in [2.24, 2.45) is 28.7 Å². The van der Waals surface area contributed by atoms with E-state index in [1.54, 1.807) is 28.3 Å². The van der Waals surface area contributed by atoms with Crippen LogP contribution in [0.3, 0.4) is 0 Å². The standard InChI is InChI=1S/C49H83N3O12/c1-21-23-58-48(14)25-27(3)36-29(5)39-49(15,64-44(54)52(39)46(11,12)45(9,10)50-36)34(22-2)61-42(53)31(7)37(62-35-26-47(13,57-20)41(56-19)32(8)60-35)30(6)40(48)63-43-38(55-18)33(51(16)17)24-28(4)59-43/h1,27-35,37-41,43H,22-26H2,2-20H3/t27-,28-,29+,30+,31-,32+,33+,34-,35+,37+,38-,39-,40-,41+,43+,47-,48+,49-/m1/s1. The molecule has 0 aliphatic carbocycles. The molecular formula is C49H83N3O12. The van der Waals surface area contributed by atoms with E-state index >= 15 is 4.79 Å². The lowest BCUT2D eigenvalue weighted by Crippen LogP contribution is -2.64. The summed E-state index contributed by atoms with van der Waals surface area (Å²) in [4.78, 5) is 39.0. The van der Waals surface area contributed by atoms with Gasteiger partial charge in [0.1, 0.15) is 24.9 Å². The molecule has 0 aromatic carbocycles. The SMILES string of the molecule is C#CCO[C@@]1(C)C[C@@H](C)C2=NC(C)(C)C(C)(C)N3C(=O)O[C@](C)([C@@H](CC)OC(=O)[C@H](C)[C@@H](O[C@H]4C[C@@](C)(OC)[C@@H](OC)[C@H](C)O4)[C@H](C)[C@H]1O[C@@H]1O[C@H](C)C[C@H](N(C)C)[C@H]1OC)[C@H]3[C@H]2C. The fourth-order valence-corrected chi connectivity index (χ4v) is 11.9. The van der Waals surface area contributed by atoms with Crippen LogP contribution in [-0.4, -0.2) is 165 Å². The summed E-state index contributed by atoms with van der Waals surface area (Å²) in [6, 6.07) is -0.584. The van der Waals surface area contributed by atoms with E-state index in [0.29, 0.717) is 19.3 Å². The number of fused-ring (bicyclic) bond motifs is 1. The average molecular weight is 906 g/mol. The van der Waals surface area contributed by atoms with E-state index in [-0.39, 0.29) is 36.7 Å². The summed E-state index contributed by atoms with van der Waals surface area (Å²) >= 11 is 0. The predicted octanol–water partition coefficient (Wildman–Crippen LogP) is 6.66. The number of hydrogen-bond acceptors (Lipinski definition) is 14. The van der Waals surface area contributed by atoms with Crippen LogP contribution in [0.15, 0.2) is 4.99 Å². The molecule has 5 aliphatic rings. The zero-order chi connectivity index (χ0) is 48.1. The molecular weight excluding hydrogens is 823 g/mol. The Morgan fingerprint density at radius 3 is 2.08 bits per heavy atom. The van der Waals surface area contributed by atoms with Gasteiger partial charge in [-0.1, -0.05) is 33.6 Å². The van der Waals surface area contributed by atoms with Gasteiger partial charge >= 0.3 is 12.1 Å². The van der Waals surface area contributed by atoms with Gasteiger partial charge in [-0.05, 0) is 109 Å². The molecule has 5 aliphatic heterocycles. The van der Waals surface area contributed by atoms with Crippen molar-refractivity contribution in [2.45, 2.75) is 218 Å². The molecule has 4 fully saturated rings. The molecule has 0 saturated carbocycles. The van der Waals surface area contributed by atoms with Gasteiger partial charge in [0.25, 0.3) is 0 Å². The number of nitrogens with zero attached hydrogens (tertiary/aromatic N) is 3. The summed E-state index contributed by atoms with van der Waals surface area (Å²) in [6.07, 6.45) is 1.64. The molecule has 2 bridgehead atoms. The maximum atomic E-state index is 15.1. The smallest absolute Gasteiger partial charge is 0.411 e. The van der Waals surface area contributed by atoms with Gasteiger partial charge in [-0.2, -0.15) is 0 Å². The Labute approximate surface area is 384 Å². The van der Waals surface area contributed by atoms with Gasteiger partial charge in [-0.3, -0.25) is 14.7 Å². The van der Waals surface area contributed by atoms with E-state index in [2.05, 4.69) is 38.5 Å². The zero-order valence-electron chi connectivity index (χ0n) is 42.5. The number of carbonyl (C=O) groups is 2. The Hall–Kier alpha value is -2.39. The van der Waals surface area contributed by atoms with Crippen LogP contribution in [0.5, 0.6) is 0 Å². The van der Waals surface area contributed by atoms with Gasteiger partial charge in [0.05, 0.1) is 58.7 Å². The van der Waals surface area contributed by atoms with Gasteiger partial charge in [0.15, 0.2) is 18.2 Å². The molecule has 15 heteroatoms. The second-order valence-corrected chi connectivity index (χ2v) is 21.3. The normalized spacial score (nSPS) is 45.1. The summed E-state index contributed by atoms with van der Waals surface area (Å²) in [5.41, 5.74) is -3.88. The topological polar surface area (TPSA) is 145 Å². The Morgan fingerprint density at radius 1 is 0.859 bits per heavy atom. The highest BCUT2D eigenvalue weighted by molar-refractivity contribution is 5.91. The second-order valence-electron chi connectivity index (χ2n) is 21.3. The Bertz CT molecular complexity index is 1720. The van der Waals surface area contributed by atoms with Crippen LogP contribution >= 0.6 is 0 Å². The summed E-state index contributed by atoms with van der Waals surface area (Å²) < 4.78 is 66.0. The van der Waals surface area contributed by atoms with Crippen LogP contribution in [-0.2, 0) is 52.2 Å². The van der Waals surface area contributed by atoms with Crippen molar-refractivity contribution < 1.29 is 57.0 Å². The number of amides is 1. The molecule has 5 rings (SSSR count). The first-order chi connectivity index (χ1) is 29.7. The summed E-state index contributed by atoms with van der Waals surface area (Å²) in [6.45, 7) is 28.0. The van der Waals surface area contributed by atoms with Crippen LogP contribution in [0, 0.1) is 36.0 Å². The summed E-state index contributed by atoms with van der Waals surface area (Å²) in [5.74, 6) is 0.0906. The van der Waals surface area contributed by atoms with E-state index in [0.717, 1.165) is 12.1 Å². The molecule has 18 atom stereocenters. The Kier molecular flexibility index (Phi) is 16.2. The number of esters is 1. The van der Waals surface area contributed by atoms with E-state index < -0.39 is 101 Å². The number of rotatable bonds is 11. The first-order valence-electron chi connectivity index (χ1n) is 23.5. The lowest BCUT2D eigenvalue weighted by molar-refractivity contribution is -0.322. The van der Waals surface area contributed by atoms with Crippen molar-refractivity contribution in [3.63, 3.8) is 0 Å². The van der Waals surface area contributed by atoms with E-state index in [1.165, 1.54) is 0 Å². The molecule has 64 heavy (non-hydrogen) atoms.